The summed E-state index contributed by atoms with van der Waals surface area (Å²) in [5, 5.41) is 0. The second kappa shape index (κ2) is 9.00. The van der Waals surface area contributed by atoms with Crippen LogP contribution in [0.25, 0.3) is 0 Å². The molecule has 2 amide bonds. The van der Waals surface area contributed by atoms with Gasteiger partial charge < -0.3 is 4.90 Å². The highest BCUT2D eigenvalue weighted by Gasteiger charge is 2.38. The van der Waals surface area contributed by atoms with E-state index in [1.807, 2.05) is 22.8 Å². The zero-order valence-corrected chi connectivity index (χ0v) is 18.9. The van der Waals surface area contributed by atoms with Gasteiger partial charge in [0, 0.05) is 36.7 Å². The summed E-state index contributed by atoms with van der Waals surface area (Å²) in [6.07, 6.45) is 8.10. The van der Waals surface area contributed by atoms with Gasteiger partial charge >= 0.3 is 0 Å². The third-order valence-electron chi connectivity index (χ3n) is 7.33. The van der Waals surface area contributed by atoms with Crippen molar-refractivity contribution in [3.63, 3.8) is 0 Å². The molecule has 1 saturated carbocycles. The van der Waals surface area contributed by atoms with E-state index in [0.29, 0.717) is 25.2 Å². The third-order valence-corrected chi connectivity index (χ3v) is 7.33. The number of carbonyl (C=O) groups excluding carboxylic acids is 2. The van der Waals surface area contributed by atoms with Crippen LogP contribution in [0.2, 0.25) is 0 Å². The highest BCUT2D eigenvalue weighted by Crippen LogP contribution is 2.38. The number of fused-ring (bicyclic) bond motifs is 1. The monoisotopic (exact) mass is 432 g/mol. The summed E-state index contributed by atoms with van der Waals surface area (Å²) < 4.78 is 0. The van der Waals surface area contributed by atoms with Gasteiger partial charge in [-0.1, -0.05) is 36.8 Å². The van der Waals surface area contributed by atoms with Crippen molar-refractivity contribution >= 4 is 17.6 Å². The van der Waals surface area contributed by atoms with Crippen molar-refractivity contribution in [1.29, 1.82) is 0 Å². The maximum absolute atomic E-state index is 13.0. The maximum atomic E-state index is 13.0. The first-order valence-electron chi connectivity index (χ1n) is 12.1. The molecule has 1 saturated heterocycles. The van der Waals surface area contributed by atoms with Crippen LogP contribution >= 0.6 is 0 Å². The molecular weight excluding hydrogens is 400 g/mol. The molecule has 2 aromatic rings. The molecule has 0 radical (unpaired) electrons. The molecule has 2 fully saturated rings. The number of hydrogen-bond donors (Lipinski definition) is 0. The van der Waals surface area contributed by atoms with E-state index in [4.69, 9.17) is 9.97 Å². The number of likely N-dealkylation sites (tertiary alicyclic amines) is 1. The Bertz CT molecular complexity index is 1000. The van der Waals surface area contributed by atoms with Gasteiger partial charge in [0.05, 0.1) is 6.04 Å². The summed E-state index contributed by atoms with van der Waals surface area (Å²) in [5.41, 5.74) is 3.32. The minimum Gasteiger partial charge on any atom is -0.332 e. The lowest BCUT2D eigenvalue weighted by atomic mass is 9.84. The molecule has 1 aliphatic carbocycles. The number of anilines is 1. The van der Waals surface area contributed by atoms with Gasteiger partial charge in [0.2, 0.25) is 11.8 Å². The van der Waals surface area contributed by atoms with Gasteiger partial charge in [0.1, 0.15) is 5.82 Å². The lowest BCUT2D eigenvalue weighted by Crippen LogP contribution is -2.40. The molecule has 1 aromatic carbocycles. The first-order chi connectivity index (χ1) is 15.6. The van der Waals surface area contributed by atoms with Gasteiger partial charge in [-0.15, -0.1) is 0 Å². The number of benzene rings is 1. The molecule has 32 heavy (non-hydrogen) atoms. The molecule has 3 heterocycles. The second-order valence-corrected chi connectivity index (χ2v) is 9.42. The third kappa shape index (κ3) is 4.03. The molecule has 3 aliphatic rings. The molecule has 0 N–H and O–H groups in total. The van der Waals surface area contributed by atoms with Crippen molar-refractivity contribution in [1.82, 2.24) is 14.9 Å². The zero-order chi connectivity index (χ0) is 22.1. The van der Waals surface area contributed by atoms with Crippen LogP contribution in [-0.4, -0.2) is 39.8 Å². The predicted octanol–water partition coefficient (Wildman–Crippen LogP) is 4.16. The molecule has 168 valence electrons. The molecule has 6 heteroatoms. The SMILES string of the molecule is Cc1nc([C@H]2CCCN2C(=O)C2CCC2)nc2c1CCC(=O)N2CCCc1ccccc1. The smallest absolute Gasteiger partial charge is 0.228 e. The van der Waals surface area contributed by atoms with Gasteiger partial charge in [0.15, 0.2) is 5.82 Å². The maximum Gasteiger partial charge on any atom is 0.228 e. The summed E-state index contributed by atoms with van der Waals surface area (Å²) in [5.74, 6) is 2.09. The van der Waals surface area contributed by atoms with Crippen LogP contribution in [0.4, 0.5) is 5.82 Å². The zero-order valence-electron chi connectivity index (χ0n) is 18.9. The average molecular weight is 433 g/mol. The van der Waals surface area contributed by atoms with Crippen molar-refractivity contribution in [2.75, 3.05) is 18.0 Å². The van der Waals surface area contributed by atoms with Gasteiger partial charge in [-0.05, 0) is 57.4 Å². The first kappa shape index (κ1) is 21.1. The van der Waals surface area contributed by atoms with E-state index in [9.17, 15) is 9.59 Å². The topological polar surface area (TPSA) is 66.4 Å². The number of carbonyl (C=O) groups is 2. The van der Waals surface area contributed by atoms with E-state index in [0.717, 1.165) is 68.6 Å². The fourth-order valence-corrected chi connectivity index (χ4v) is 5.26. The number of aromatic nitrogens is 2. The van der Waals surface area contributed by atoms with Crippen LogP contribution < -0.4 is 4.90 Å². The van der Waals surface area contributed by atoms with E-state index in [2.05, 4.69) is 24.3 Å². The molecule has 5 rings (SSSR count). The van der Waals surface area contributed by atoms with Crippen molar-refractivity contribution < 1.29 is 9.59 Å². The Morgan fingerprint density at radius 3 is 2.62 bits per heavy atom. The highest BCUT2D eigenvalue weighted by molar-refractivity contribution is 5.95. The standard InChI is InChI=1S/C26H32N4O2/c1-18-21-14-15-23(31)30(17-6-10-19-8-3-2-4-9-19)25(21)28-24(27-18)22-13-7-16-29(22)26(32)20-11-5-12-20/h2-4,8-9,20,22H,5-7,10-17H2,1H3/t22-/m1/s1. The second-order valence-electron chi connectivity index (χ2n) is 9.42. The van der Waals surface area contributed by atoms with Crippen LogP contribution in [0.1, 0.15) is 73.6 Å². The number of nitrogens with zero attached hydrogens (tertiary/aromatic N) is 4. The van der Waals surface area contributed by atoms with Crippen LogP contribution in [0.15, 0.2) is 30.3 Å². The van der Waals surface area contributed by atoms with E-state index in [1.165, 1.54) is 5.56 Å². The Morgan fingerprint density at radius 2 is 1.88 bits per heavy atom. The van der Waals surface area contributed by atoms with E-state index in [-0.39, 0.29) is 23.8 Å². The van der Waals surface area contributed by atoms with E-state index < -0.39 is 0 Å². The number of amides is 2. The molecule has 0 bridgehead atoms. The Balaban J connectivity index is 1.38. The average Bonchev–Trinajstić information content (AvgIpc) is 3.25. The summed E-state index contributed by atoms with van der Waals surface area (Å²) in [7, 11) is 0. The fourth-order valence-electron chi connectivity index (χ4n) is 5.26. The molecule has 6 nitrogen and oxygen atoms in total. The van der Waals surface area contributed by atoms with Gasteiger partial charge in [-0.25, -0.2) is 9.97 Å². The minimum absolute atomic E-state index is 0.0599. The van der Waals surface area contributed by atoms with Crippen molar-refractivity contribution in [2.45, 2.75) is 70.8 Å². The quantitative estimate of drug-likeness (QED) is 0.687. The Hall–Kier alpha value is -2.76. The normalized spacial score (nSPS) is 20.9. The summed E-state index contributed by atoms with van der Waals surface area (Å²) in [6.45, 7) is 3.47. The molecule has 1 atom stereocenters. The Kier molecular flexibility index (Phi) is 5.94. The number of rotatable bonds is 6. The summed E-state index contributed by atoms with van der Waals surface area (Å²) in [6, 6.07) is 10.3. The van der Waals surface area contributed by atoms with Gasteiger partial charge in [0.25, 0.3) is 0 Å². The lowest BCUT2D eigenvalue weighted by Gasteiger charge is -2.33. The number of aryl methyl sites for hydroxylation is 2. The molecule has 2 aliphatic heterocycles. The van der Waals surface area contributed by atoms with Crippen LogP contribution in [-0.2, 0) is 22.4 Å². The molecule has 0 spiro atoms. The minimum atomic E-state index is -0.0599. The summed E-state index contributed by atoms with van der Waals surface area (Å²) >= 11 is 0. The van der Waals surface area contributed by atoms with Crippen molar-refractivity contribution in [2.24, 2.45) is 5.92 Å². The highest BCUT2D eigenvalue weighted by atomic mass is 16.2. The molecular formula is C26H32N4O2. The van der Waals surface area contributed by atoms with Crippen molar-refractivity contribution in [3.8, 4) is 0 Å². The molecule has 1 aromatic heterocycles. The largest absolute Gasteiger partial charge is 0.332 e. The Morgan fingerprint density at radius 1 is 1.06 bits per heavy atom. The summed E-state index contributed by atoms with van der Waals surface area (Å²) in [4.78, 5) is 39.5. The van der Waals surface area contributed by atoms with E-state index >= 15 is 0 Å². The van der Waals surface area contributed by atoms with Crippen LogP contribution in [0.3, 0.4) is 0 Å². The van der Waals surface area contributed by atoms with Gasteiger partial charge in [-0.3, -0.25) is 14.5 Å². The van der Waals surface area contributed by atoms with Crippen molar-refractivity contribution in [3.05, 3.63) is 53.0 Å². The van der Waals surface area contributed by atoms with Gasteiger partial charge in [-0.2, -0.15) is 0 Å². The number of hydrogen-bond acceptors (Lipinski definition) is 4. The van der Waals surface area contributed by atoms with Crippen LogP contribution in [0, 0.1) is 12.8 Å². The predicted molar refractivity (Wildman–Crippen MR) is 123 cm³/mol. The lowest BCUT2D eigenvalue weighted by molar-refractivity contribution is -0.139. The molecule has 0 unspecified atom stereocenters. The van der Waals surface area contributed by atoms with E-state index in [1.54, 1.807) is 0 Å². The van der Waals surface area contributed by atoms with Crippen LogP contribution in [0.5, 0.6) is 0 Å². The Labute approximate surface area is 190 Å². The fraction of sp³-hybridized carbons (Fsp3) is 0.538. The first-order valence-corrected chi connectivity index (χ1v) is 12.1.